The topological polar surface area (TPSA) is 73.5 Å². The molecule has 0 bridgehead atoms. The predicted octanol–water partition coefficient (Wildman–Crippen LogP) is 1.34. The van der Waals surface area contributed by atoms with Gasteiger partial charge in [-0.2, -0.15) is 0 Å². The van der Waals surface area contributed by atoms with Crippen molar-refractivity contribution in [1.82, 2.24) is 10.6 Å². The SMILES string of the molecule is CC(CC(=O)Nc1cccc(N2CCCC2)c1)NC(=O)C1CNC1. The van der Waals surface area contributed by atoms with E-state index in [1.165, 1.54) is 12.8 Å². The molecule has 2 aliphatic heterocycles. The van der Waals surface area contributed by atoms with Crippen molar-refractivity contribution in [2.45, 2.75) is 32.2 Å². The van der Waals surface area contributed by atoms with Gasteiger partial charge in [-0.25, -0.2) is 0 Å². The Kier molecular flexibility index (Phi) is 5.35. The van der Waals surface area contributed by atoms with Crippen LogP contribution in [-0.4, -0.2) is 44.0 Å². The second kappa shape index (κ2) is 7.66. The molecule has 2 heterocycles. The van der Waals surface area contributed by atoms with Crippen molar-refractivity contribution in [3.05, 3.63) is 24.3 Å². The number of hydrogen-bond donors (Lipinski definition) is 3. The lowest BCUT2D eigenvalue weighted by molar-refractivity contribution is -0.127. The second-order valence-electron chi connectivity index (χ2n) is 6.76. The van der Waals surface area contributed by atoms with Gasteiger partial charge in [0, 0.05) is 50.0 Å². The Morgan fingerprint density at radius 1 is 1.29 bits per heavy atom. The summed E-state index contributed by atoms with van der Waals surface area (Å²) in [5.74, 6) is 0.00541. The number of hydrogen-bond acceptors (Lipinski definition) is 4. The van der Waals surface area contributed by atoms with Crippen LogP contribution < -0.4 is 20.9 Å². The van der Waals surface area contributed by atoms with Crippen LogP contribution in [0, 0.1) is 5.92 Å². The van der Waals surface area contributed by atoms with Gasteiger partial charge in [-0.15, -0.1) is 0 Å². The summed E-state index contributed by atoms with van der Waals surface area (Å²) < 4.78 is 0. The zero-order valence-corrected chi connectivity index (χ0v) is 14.2. The Morgan fingerprint density at radius 3 is 2.71 bits per heavy atom. The van der Waals surface area contributed by atoms with Crippen molar-refractivity contribution >= 4 is 23.2 Å². The van der Waals surface area contributed by atoms with Crippen LogP contribution in [0.25, 0.3) is 0 Å². The Bertz CT molecular complexity index is 594. The van der Waals surface area contributed by atoms with E-state index in [0.29, 0.717) is 0 Å². The average molecular weight is 330 g/mol. The number of nitrogens with zero attached hydrogens (tertiary/aromatic N) is 1. The predicted molar refractivity (Wildman–Crippen MR) is 95.1 cm³/mol. The number of benzene rings is 1. The van der Waals surface area contributed by atoms with E-state index < -0.39 is 0 Å². The largest absolute Gasteiger partial charge is 0.371 e. The summed E-state index contributed by atoms with van der Waals surface area (Å²) in [7, 11) is 0. The number of anilines is 2. The normalized spacial score (nSPS) is 18.8. The van der Waals surface area contributed by atoms with Gasteiger partial charge >= 0.3 is 0 Å². The fourth-order valence-corrected chi connectivity index (χ4v) is 3.13. The highest BCUT2D eigenvalue weighted by Crippen LogP contribution is 2.23. The van der Waals surface area contributed by atoms with Crippen molar-refractivity contribution in [1.29, 1.82) is 0 Å². The first kappa shape index (κ1) is 16.8. The first-order chi connectivity index (χ1) is 11.6. The number of carbonyl (C=O) groups is 2. The maximum atomic E-state index is 12.2. The highest BCUT2D eigenvalue weighted by molar-refractivity contribution is 5.92. The molecule has 2 aliphatic rings. The Balaban J connectivity index is 1.48. The summed E-state index contributed by atoms with van der Waals surface area (Å²) in [5, 5.41) is 8.92. The van der Waals surface area contributed by atoms with Crippen molar-refractivity contribution in [3.8, 4) is 0 Å². The molecular weight excluding hydrogens is 304 g/mol. The maximum absolute atomic E-state index is 12.2. The summed E-state index contributed by atoms with van der Waals surface area (Å²) in [6.45, 7) is 5.49. The van der Waals surface area contributed by atoms with Crippen LogP contribution in [0.2, 0.25) is 0 Å². The molecule has 0 saturated carbocycles. The van der Waals surface area contributed by atoms with Gasteiger partial charge in [0.15, 0.2) is 0 Å². The van der Waals surface area contributed by atoms with E-state index in [1.807, 2.05) is 25.1 Å². The lowest BCUT2D eigenvalue weighted by Gasteiger charge is -2.27. The highest BCUT2D eigenvalue weighted by Gasteiger charge is 2.26. The van der Waals surface area contributed by atoms with E-state index in [2.05, 4.69) is 26.9 Å². The first-order valence-corrected chi connectivity index (χ1v) is 8.78. The van der Waals surface area contributed by atoms with Crippen LogP contribution >= 0.6 is 0 Å². The standard InChI is InChI=1S/C18H26N4O2/c1-13(20-18(24)14-11-19-12-14)9-17(23)21-15-5-4-6-16(10-15)22-7-2-3-8-22/h4-6,10,13-14,19H,2-3,7-9,11-12H2,1H3,(H,20,24)(H,21,23). The van der Waals surface area contributed by atoms with Crippen LogP contribution in [0.4, 0.5) is 11.4 Å². The molecule has 1 aromatic carbocycles. The number of rotatable bonds is 6. The third-order valence-corrected chi connectivity index (χ3v) is 4.63. The van der Waals surface area contributed by atoms with Crippen LogP contribution in [0.1, 0.15) is 26.2 Å². The van der Waals surface area contributed by atoms with E-state index in [0.717, 1.165) is 37.6 Å². The molecule has 0 spiro atoms. The summed E-state index contributed by atoms with van der Waals surface area (Å²) in [4.78, 5) is 26.4. The summed E-state index contributed by atoms with van der Waals surface area (Å²) in [6, 6.07) is 7.81. The molecular formula is C18H26N4O2. The van der Waals surface area contributed by atoms with Gasteiger partial charge in [0.05, 0.1) is 5.92 Å². The molecule has 1 atom stereocenters. The smallest absolute Gasteiger partial charge is 0.226 e. The van der Waals surface area contributed by atoms with Gasteiger partial charge in [0.2, 0.25) is 11.8 Å². The lowest BCUT2D eigenvalue weighted by Crippen LogP contribution is -2.52. The third-order valence-electron chi connectivity index (χ3n) is 4.63. The van der Waals surface area contributed by atoms with E-state index in [1.54, 1.807) is 0 Å². The monoisotopic (exact) mass is 330 g/mol. The molecule has 130 valence electrons. The minimum atomic E-state index is -0.167. The minimum absolute atomic E-state index is 0.0325. The van der Waals surface area contributed by atoms with Gasteiger partial charge in [-0.3, -0.25) is 9.59 Å². The number of carbonyl (C=O) groups excluding carboxylic acids is 2. The van der Waals surface area contributed by atoms with Gasteiger partial charge in [-0.05, 0) is 38.0 Å². The van der Waals surface area contributed by atoms with E-state index in [4.69, 9.17) is 0 Å². The number of amides is 2. The lowest BCUT2D eigenvalue weighted by atomic mass is 10.0. The zero-order valence-electron chi connectivity index (χ0n) is 14.2. The Labute approximate surface area is 143 Å². The third kappa shape index (κ3) is 4.26. The molecule has 0 aromatic heterocycles. The molecule has 1 aromatic rings. The Hall–Kier alpha value is -2.08. The van der Waals surface area contributed by atoms with E-state index in [9.17, 15) is 9.59 Å². The van der Waals surface area contributed by atoms with Gasteiger partial charge in [0.1, 0.15) is 0 Å². The molecule has 6 nitrogen and oxygen atoms in total. The number of nitrogens with one attached hydrogen (secondary N) is 3. The maximum Gasteiger partial charge on any atom is 0.226 e. The minimum Gasteiger partial charge on any atom is -0.371 e. The van der Waals surface area contributed by atoms with Crippen molar-refractivity contribution < 1.29 is 9.59 Å². The van der Waals surface area contributed by atoms with Crippen molar-refractivity contribution in [2.24, 2.45) is 5.92 Å². The van der Waals surface area contributed by atoms with Gasteiger partial charge in [-0.1, -0.05) is 6.07 Å². The molecule has 2 amide bonds. The molecule has 3 rings (SSSR count). The quantitative estimate of drug-likeness (QED) is 0.736. The van der Waals surface area contributed by atoms with Crippen molar-refractivity contribution in [2.75, 3.05) is 36.4 Å². The van der Waals surface area contributed by atoms with Crippen LogP contribution in [-0.2, 0) is 9.59 Å². The van der Waals surface area contributed by atoms with Gasteiger partial charge < -0.3 is 20.9 Å². The molecule has 0 radical (unpaired) electrons. The van der Waals surface area contributed by atoms with E-state index in [-0.39, 0.29) is 30.2 Å². The fraction of sp³-hybridized carbons (Fsp3) is 0.556. The summed E-state index contributed by atoms with van der Waals surface area (Å²) in [5.41, 5.74) is 1.97. The zero-order chi connectivity index (χ0) is 16.9. The van der Waals surface area contributed by atoms with Gasteiger partial charge in [0.25, 0.3) is 0 Å². The first-order valence-electron chi connectivity index (χ1n) is 8.78. The Morgan fingerprint density at radius 2 is 2.04 bits per heavy atom. The molecule has 2 fully saturated rings. The average Bonchev–Trinajstić information content (AvgIpc) is 2.99. The molecule has 24 heavy (non-hydrogen) atoms. The van der Waals surface area contributed by atoms with Crippen LogP contribution in [0.3, 0.4) is 0 Å². The van der Waals surface area contributed by atoms with Crippen LogP contribution in [0.15, 0.2) is 24.3 Å². The van der Waals surface area contributed by atoms with Crippen LogP contribution in [0.5, 0.6) is 0 Å². The van der Waals surface area contributed by atoms with Crippen molar-refractivity contribution in [3.63, 3.8) is 0 Å². The summed E-state index contributed by atoms with van der Waals surface area (Å²) in [6.07, 6.45) is 2.73. The molecule has 0 aliphatic carbocycles. The molecule has 1 unspecified atom stereocenters. The fourth-order valence-electron chi connectivity index (χ4n) is 3.13. The highest BCUT2D eigenvalue weighted by atomic mass is 16.2. The summed E-state index contributed by atoms with van der Waals surface area (Å²) >= 11 is 0. The second-order valence-corrected chi connectivity index (χ2v) is 6.76. The van der Waals surface area contributed by atoms with E-state index >= 15 is 0 Å². The molecule has 6 heteroatoms. The molecule has 2 saturated heterocycles. The molecule has 3 N–H and O–H groups in total.